The van der Waals surface area contributed by atoms with Crippen LogP contribution in [0, 0.1) is 0 Å². The highest BCUT2D eigenvalue weighted by Crippen LogP contribution is 2.21. The van der Waals surface area contributed by atoms with Gasteiger partial charge in [0, 0.05) is 0 Å². The van der Waals surface area contributed by atoms with Crippen LogP contribution >= 0.6 is 0 Å². The third-order valence-corrected chi connectivity index (χ3v) is 5.65. The van der Waals surface area contributed by atoms with Crippen LogP contribution in [0.4, 0.5) is 4.79 Å². The van der Waals surface area contributed by atoms with E-state index in [1.54, 1.807) is 12.1 Å². The minimum Gasteiger partial charge on any atom is -0.453 e. The summed E-state index contributed by atoms with van der Waals surface area (Å²) >= 11 is 0. The van der Waals surface area contributed by atoms with Crippen molar-refractivity contribution in [3.63, 3.8) is 0 Å². The molecule has 1 rings (SSSR count). The number of hydrogen-bond donors (Lipinski definition) is 1. The largest absolute Gasteiger partial charge is 0.453 e. The van der Waals surface area contributed by atoms with Crippen LogP contribution in [0.5, 0.6) is 0 Å². The van der Waals surface area contributed by atoms with Crippen molar-refractivity contribution in [1.29, 1.82) is 0 Å². The summed E-state index contributed by atoms with van der Waals surface area (Å²) in [5, 5.41) is 2.75. The van der Waals surface area contributed by atoms with Crippen molar-refractivity contribution < 1.29 is 17.9 Å². The van der Waals surface area contributed by atoms with Gasteiger partial charge in [-0.15, -0.1) is 0 Å². The molecule has 0 aliphatic carbocycles. The second kappa shape index (κ2) is 9.06. The van der Waals surface area contributed by atoms with E-state index in [0.717, 1.165) is 36.8 Å². The highest BCUT2D eigenvalue weighted by Gasteiger charge is 2.23. The number of alkyl carbamates (subject to hydrolysis) is 1. The maximum atomic E-state index is 12.2. The molecule has 136 valence electrons. The monoisotopic (exact) mass is 355 g/mol. The fraction of sp³-hybridized carbons (Fsp3) is 0.611. The number of ether oxygens (including phenoxy) is 1. The van der Waals surface area contributed by atoms with Crippen molar-refractivity contribution >= 4 is 15.9 Å². The molecule has 24 heavy (non-hydrogen) atoms. The fourth-order valence-corrected chi connectivity index (χ4v) is 3.96. The van der Waals surface area contributed by atoms with E-state index in [-0.39, 0.29) is 11.5 Å². The Labute approximate surface area is 145 Å². The van der Waals surface area contributed by atoms with Crippen LogP contribution in [-0.2, 0) is 25.9 Å². The van der Waals surface area contributed by atoms with Crippen molar-refractivity contribution in [2.24, 2.45) is 0 Å². The minimum atomic E-state index is -3.08. The van der Waals surface area contributed by atoms with E-state index in [2.05, 4.69) is 17.0 Å². The minimum absolute atomic E-state index is 0.0598. The van der Waals surface area contributed by atoms with Gasteiger partial charge in [0.25, 0.3) is 0 Å². The van der Waals surface area contributed by atoms with Gasteiger partial charge in [0.05, 0.1) is 24.2 Å². The summed E-state index contributed by atoms with van der Waals surface area (Å²) in [4.78, 5) is 11.4. The molecule has 0 fully saturated rings. The van der Waals surface area contributed by atoms with Gasteiger partial charge in [-0.2, -0.15) is 0 Å². The highest BCUT2D eigenvalue weighted by atomic mass is 32.2. The molecule has 1 amide bonds. The number of unbranched alkanes of at least 4 members (excludes halogenated alkanes) is 3. The van der Waals surface area contributed by atoms with Gasteiger partial charge in [0.1, 0.15) is 0 Å². The Kier molecular flexibility index (Phi) is 7.73. The molecule has 0 unspecified atom stereocenters. The lowest BCUT2D eigenvalue weighted by molar-refractivity contribution is 0.159. The van der Waals surface area contributed by atoms with Crippen molar-refractivity contribution in [2.45, 2.75) is 57.7 Å². The Morgan fingerprint density at radius 1 is 1.12 bits per heavy atom. The van der Waals surface area contributed by atoms with E-state index < -0.39 is 21.5 Å². The lowest BCUT2D eigenvalue weighted by Crippen LogP contribution is -2.40. The molecule has 0 saturated heterocycles. The molecule has 0 atom stereocenters. The zero-order valence-electron chi connectivity index (χ0n) is 15.1. The second-order valence-corrected chi connectivity index (χ2v) is 8.78. The van der Waals surface area contributed by atoms with Gasteiger partial charge in [0.15, 0.2) is 9.84 Å². The second-order valence-electron chi connectivity index (χ2n) is 6.59. The van der Waals surface area contributed by atoms with Crippen LogP contribution in [0.15, 0.2) is 24.3 Å². The topological polar surface area (TPSA) is 72.5 Å². The van der Waals surface area contributed by atoms with Gasteiger partial charge in [-0.25, -0.2) is 13.2 Å². The molecule has 0 aliphatic heterocycles. The number of hydrogen-bond acceptors (Lipinski definition) is 4. The molecule has 0 radical (unpaired) electrons. The maximum absolute atomic E-state index is 12.2. The van der Waals surface area contributed by atoms with Crippen molar-refractivity contribution in [3.05, 3.63) is 35.4 Å². The first-order valence-electron chi connectivity index (χ1n) is 8.36. The molecule has 0 spiro atoms. The summed E-state index contributed by atoms with van der Waals surface area (Å²) in [5.74, 6) is 0.300. The summed E-state index contributed by atoms with van der Waals surface area (Å²) in [7, 11) is -1.76. The Morgan fingerprint density at radius 3 is 2.29 bits per heavy atom. The molecule has 5 nitrogen and oxygen atoms in total. The van der Waals surface area contributed by atoms with Gasteiger partial charge in [-0.3, -0.25) is 0 Å². The summed E-state index contributed by atoms with van der Waals surface area (Å²) in [6.07, 6.45) is 3.36. The lowest BCUT2D eigenvalue weighted by Gasteiger charge is -2.26. The zero-order chi connectivity index (χ0) is 18.2. The summed E-state index contributed by atoms with van der Waals surface area (Å²) in [6.45, 7) is 5.83. The van der Waals surface area contributed by atoms with Crippen LogP contribution in [0.2, 0.25) is 0 Å². The standard InChI is InChI=1S/C18H29NO4S/c1-5-6-7-8-13-24(21,22)14-15-9-11-16(12-10-15)18(2,3)19-17(20)23-4/h9-12H,5-8,13-14H2,1-4H3,(H,19,20). The Bertz CT molecular complexity index is 621. The molecule has 0 heterocycles. The Morgan fingerprint density at radius 2 is 1.75 bits per heavy atom. The van der Waals surface area contributed by atoms with Gasteiger partial charge in [-0.05, 0) is 31.4 Å². The normalized spacial score (nSPS) is 12.0. The number of amides is 1. The van der Waals surface area contributed by atoms with Crippen LogP contribution in [0.25, 0.3) is 0 Å². The molecule has 0 aromatic heterocycles. The van der Waals surface area contributed by atoms with Gasteiger partial charge < -0.3 is 10.1 Å². The summed E-state index contributed by atoms with van der Waals surface area (Å²) in [5.41, 5.74) is 1.06. The van der Waals surface area contributed by atoms with E-state index in [9.17, 15) is 13.2 Å². The van der Waals surface area contributed by atoms with Crippen molar-refractivity contribution in [1.82, 2.24) is 5.32 Å². The smallest absolute Gasteiger partial charge is 0.407 e. The van der Waals surface area contributed by atoms with E-state index >= 15 is 0 Å². The lowest BCUT2D eigenvalue weighted by atomic mass is 9.94. The number of carbonyl (C=O) groups is 1. The van der Waals surface area contributed by atoms with E-state index in [4.69, 9.17) is 0 Å². The van der Waals surface area contributed by atoms with E-state index in [0.29, 0.717) is 0 Å². The molecular weight excluding hydrogens is 326 g/mol. The Hall–Kier alpha value is -1.56. The molecule has 1 N–H and O–H groups in total. The highest BCUT2D eigenvalue weighted by molar-refractivity contribution is 7.90. The average Bonchev–Trinajstić information content (AvgIpc) is 2.51. The predicted molar refractivity (Wildman–Crippen MR) is 96.6 cm³/mol. The fourth-order valence-electron chi connectivity index (χ4n) is 2.47. The van der Waals surface area contributed by atoms with Crippen LogP contribution in [0.1, 0.15) is 57.6 Å². The SMILES string of the molecule is CCCCCCS(=O)(=O)Cc1ccc(C(C)(C)NC(=O)OC)cc1. The van der Waals surface area contributed by atoms with Crippen LogP contribution in [0.3, 0.4) is 0 Å². The quantitative estimate of drug-likeness (QED) is 0.684. The molecule has 0 saturated carbocycles. The molecule has 6 heteroatoms. The summed E-state index contributed by atoms with van der Waals surface area (Å²) in [6, 6.07) is 7.30. The predicted octanol–water partition coefficient (Wildman–Crippen LogP) is 3.77. The van der Waals surface area contributed by atoms with Crippen molar-refractivity contribution in [3.8, 4) is 0 Å². The third kappa shape index (κ3) is 6.91. The molecule has 0 aliphatic rings. The molecular formula is C18H29NO4S. The van der Waals surface area contributed by atoms with Gasteiger partial charge in [-0.1, -0.05) is 50.5 Å². The number of carbonyl (C=O) groups excluding carboxylic acids is 1. The maximum Gasteiger partial charge on any atom is 0.407 e. The molecule has 1 aromatic carbocycles. The molecule has 0 bridgehead atoms. The first kappa shape index (κ1) is 20.5. The van der Waals surface area contributed by atoms with Crippen LogP contribution < -0.4 is 5.32 Å². The number of nitrogens with one attached hydrogen (secondary N) is 1. The Balaban J connectivity index is 2.68. The number of benzene rings is 1. The first-order valence-corrected chi connectivity index (χ1v) is 10.2. The third-order valence-electron chi connectivity index (χ3n) is 3.97. The number of sulfone groups is 1. The molecule has 1 aromatic rings. The average molecular weight is 356 g/mol. The van der Waals surface area contributed by atoms with E-state index in [1.807, 2.05) is 26.0 Å². The zero-order valence-corrected chi connectivity index (χ0v) is 15.9. The number of methoxy groups -OCH3 is 1. The van der Waals surface area contributed by atoms with Crippen LogP contribution in [-0.4, -0.2) is 27.4 Å². The van der Waals surface area contributed by atoms with Gasteiger partial charge >= 0.3 is 6.09 Å². The number of rotatable bonds is 9. The first-order chi connectivity index (χ1) is 11.2. The van der Waals surface area contributed by atoms with Gasteiger partial charge in [0.2, 0.25) is 0 Å². The van der Waals surface area contributed by atoms with E-state index in [1.165, 1.54) is 7.11 Å². The van der Waals surface area contributed by atoms with Crippen molar-refractivity contribution in [2.75, 3.05) is 12.9 Å². The summed E-state index contributed by atoms with van der Waals surface area (Å²) < 4.78 is 28.9.